The van der Waals surface area contributed by atoms with E-state index in [9.17, 15) is 0 Å². The van der Waals surface area contributed by atoms with E-state index in [2.05, 4.69) is 21.9 Å². The van der Waals surface area contributed by atoms with E-state index in [1.165, 1.54) is 6.33 Å². The first kappa shape index (κ1) is 11.4. The highest BCUT2D eigenvalue weighted by Gasteiger charge is 2.06. The van der Waals surface area contributed by atoms with Crippen LogP contribution in [0.25, 0.3) is 0 Å². The zero-order chi connectivity index (χ0) is 11.9. The van der Waals surface area contributed by atoms with Crippen LogP contribution in [0.4, 0.5) is 0 Å². The maximum absolute atomic E-state index is 5.49. The summed E-state index contributed by atoms with van der Waals surface area (Å²) in [5, 5.41) is 4.03. The minimum absolute atomic E-state index is 0.386. The molecule has 86 valence electrons. The Bertz CT molecular complexity index is 496. The Kier molecular flexibility index (Phi) is 3.90. The molecule has 4 heteroatoms. The summed E-state index contributed by atoms with van der Waals surface area (Å²) in [6.07, 6.45) is 2.68. The average Bonchev–Trinajstić information content (AvgIpc) is 2.89. The molecule has 1 aromatic heterocycles. The van der Waals surface area contributed by atoms with Gasteiger partial charge in [0.05, 0.1) is 0 Å². The van der Waals surface area contributed by atoms with Crippen LogP contribution >= 0.6 is 0 Å². The lowest BCUT2D eigenvalue weighted by molar-refractivity contribution is 0.0450. The molecule has 4 nitrogen and oxygen atoms in total. The third-order valence-corrected chi connectivity index (χ3v) is 2.12. The number of ether oxygens (including phenoxy) is 1. The van der Waals surface area contributed by atoms with Gasteiger partial charge < -0.3 is 4.74 Å². The van der Waals surface area contributed by atoms with Crippen LogP contribution < -0.4 is 0 Å². The molecule has 1 atom stereocenters. The standard InChI is InChI=1S/C13H13N3O/c1-2-17-13(16-11-14-10-15-16)9-8-12-6-4-3-5-7-12/h3-7,10-11,13H,2H2,1H3. The lowest BCUT2D eigenvalue weighted by Crippen LogP contribution is -2.11. The van der Waals surface area contributed by atoms with E-state index in [1.807, 2.05) is 37.3 Å². The molecule has 0 aliphatic carbocycles. The molecule has 1 unspecified atom stereocenters. The Hall–Kier alpha value is -2.12. The molecular weight excluding hydrogens is 214 g/mol. The van der Waals surface area contributed by atoms with Crippen molar-refractivity contribution < 1.29 is 4.74 Å². The van der Waals surface area contributed by atoms with Gasteiger partial charge in [0.25, 0.3) is 0 Å². The van der Waals surface area contributed by atoms with Crippen molar-refractivity contribution in [2.24, 2.45) is 0 Å². The molecule has 0 N–H and O–H groups in total. The first-order valence-electron chi connectivity index (χ1n) is 5.42. The summed E-state index contributed by atoms with van der Waals surface area (Å²) >= 11 is 0. The maximum Gasteiger partial charge on any atom is 0.215 e. The van der Waals surface area contributed by atoms with Crippen molar-refractivity contribution in [3.05, 3.63) is 48.5 Å². The van der Waals surface area contributed by atoms with E-state index >= 15 is 0 Å². The van der Waals surface area contributed by atoms with Crippen molar-refractivity contribution in [2.75, 3.05) is 6.61 Å². The van der Waals surface area contributed by atoms with E-state index in [1.54, 1.807) is 11.0 Å². The fourth-order valence-corrected chi connectivity index (χ4v) is 1.35. The Morgan fingerprint density at radius 3 is 2.82 bits per heavy atom. The number of nitrogens with zero attached hydrogens (tertiary/aromatic N) is 3. The molecule has 17 heavy (non-hydrogen) atoms. The molecule has 2 rings (SSSR count). The summed E-state index contributed by atoms with van der Waals surface area (Å²) in [5.41, 5.74) is 0.956. The van der Waals surface area contributed by atoms with Crippen LogP contribution in [0.3, 0.4) is 0 Å². The molecule has 0 fully saturated rings. The summed E-state index contributed by atoms with van der Waals surface area (Å²) in [4.78, 5) is 3.88. The Morgan fingerprint density at radius 2 is 2.18 bits per heavy atom. The lowest BCUT2D eigenvalue weighted by atomic mass is 10.2. The summed E-state index contributed by atoms with van der Waals surface area (Å²) in [6.45, 7) is 2.50. The quantitative estimate of drug-likeness (QED) is 0.751. The van der Waals surface area contributed by atoms with Crippen LogP contribution in [-0.2, 0) is 4.74 Å². The number of hydrogen-bond donors (Lipinski definition) is 0. The predicted molar refractivity (Wildman–Crippen MR) is 64.0 cm³/mol. The van der Waals surface area contributed by atoms with Crippen LogP contribution in [0, 0.1) is 11.8 Å². The van der Waals surface area contributed by atoms with E-state index in [4.69, 9.17) is 4.74 Å². The largest absolute Gasteiger partial charge is 0.346 e. The smallest absolute Gasteiger partial charge is 0.215 e. The monoisotopic (exact) mass is 227 g/mol. The Morgan fingerprint density at radius 1 is 1.35 bits per heavy atom. The molecule has 1 heterocycles. The fraction of sp³-hybridized carbons (Fsp3) is 0.231. The molecule has 2 aromatic rings. The van der Waals surface area contributed by atoms with Gasteiger partial charge in [-0.25, -0.2) is 9.67 Å². The minimum atomic E-state index is -0.386. The van der Waals surface area contributed by atoms with Gasteiger partial charge in [-0.3, -0.25) is 0 Å². The first-order valence-corrected chi connectivity index (χ1v) is 5.42. The average molecular weight is 227 g/mol. The van der Waals surface area contributed by atoms with E-state index < -0.39 is 0 Å². The number of aromatic nitrogens is 3. The van der Waals surface area contributed by atoms with Crippen LogP contribution in [0.5, 0.6) is 0 Å². The second-order valence-corrected chi connectivity index (χ2v) is 3.32. The van der Waals surface area contributed by atoms with Crippen molar-refractivity contribution in [3.63, 3.8) is 0 Å². The van der Waals surface area contributed by atoms with Crippen molar-refractivity contribution in [1.29, 1.82) is 0 Å². The van der Waals surface area contributed by atoms with Gasteiger partial charge in [-0.15, -0.1) is 0 Å². The number of hydrogen-bond acceptors (Lipinski definition) is 3. The van der Waals surface area contributed by atoms with E-state index in [-0.39, 0.29) is 6.23 Å². The molecule has 0 saturated carbocycles. The van der Waals surface area contributed by atoms with Gasteiger partial charge in [0.15, 0.2) is 0 Å². The summed E-state index contributed by atoms with van der Waals surface area (Å²) in [7, 11) is 0. The normalized spacial score (nSPS) is 11.6. The molecule has 0 spiro atoms. The molecule has 0 amide bonds. The molecule has 0 aliphatic heterocycles. The van der Waals surface area contributed by atoms with Crippen molar-refractivity contribution in [3.8, 4) is 11.8 Å². The van der Waals surface area contributed by atoms with Crippen LogP contribution in [-0.4, -0.2) is 21.4 Å². The third kappa shape index (κ3) is 3.16. The molecule has 1 aromatic carbocycles. The van der Waals surface area contributed by atoms with Gasteiger partial charge in [-0.2, -0.15) is 5.10 Å². The molecule has 0 bridgehead atoms. The lowest BCUT2D eigenvalue weighted by Gasteiger charge is -2.09. The maximum atomic E-state index is 5.49. The van der Waals surface area contributed by atoms with Gasteiger partial charge in [0.2, 0.25) is 6.23 Å². The molecule has 0 saturated heterocycles. The Labute approximate surface area is 100 Å². The summed E-state index contributed by atoms with van der Waals surface area (Å²) in [5.74, 6) is 6.08. The van der Waals surface area contributed by atoms with Gasteiger partial charge in [0, 0.05) is 12.2 Å². The fourth-order valence-electron chi connectivity index (χ4n) is 1.35. The van der Waals surface area contributed by atoms with Gasteiger partial charge in [-0.05, 0) is 25.0 Å². The SMILES string of the molecule is CCOC(C#Cc1ccccc1)n1cncn1. The second-order valence-electron chi connectivity index (χ2n) is 3.32. The van der Waals surface area contributed by atoms with Gasteiger partial charge in [-0.1, -0.05) is 24.1 Å². The van der Waals surface area contributed by atoms with Gasteiger partial charge >= 0.3 is 0 Å². The van der Waals surface area contributed by atoms with Crippen molar-refractivity contribution in [1.82, 2.24) is 14.8 Å². The molecular formula is C13H13N3O. The minimum Gasteiger partial charge on any atom is -0.346 e. The highest BCUT2D eigenvalue weighted by atomic mass is 16.5. The first-order chi connectivity index (χ1) is 8.40. The molecule has 0 radical (unpaired) electrons. The zero-order valence-electron chi connectivity index (χ0n) is 9.58. The Balaban J connectivity index is 2.17. The van der Waals surface area contributed by atoms with Crippen LogP contribution in [0.1, 0.15) is 18.7 Å². The number of benzene rings is 1. The third-order valence-electron chi connectivity index (χ3n) is 2.12. The van der Waals surface area contributed by atoms with Crippen molar-refractivity contribution in [2.45, 2.75) is 13.2 Å². The van der Waals surface area contributed by atoms with Crippen LogP contribution in [0.2, 0.25) is 0 Å². The topological polar surface area (TPSA) is 39.9 Å². The predicted octanol–water partition coefficient (Wildman–Crippen LogP) is 1.86. The van der Waals surface area contributed by atoms with Crippen molar-refractivity contribution >= 4 is 0 Å². The summed E-state index contributed by atoms with van der Waals surface area (Å²) in [6, 6.07) is 9.78. The summed E-state index contributed by atoms with van der Waals surface area (Å²) < 4.78 is 7.09. The highest BCUT2D eigenvalue weighted by molar-refractivity contribution is 5.34. The second kappa shape index (κ2) is 5.83. The number of rotatable bonds is 3. The highest BCUT2D eigenvalue weighted by Crippen LogP contribution is 2.05. The van der Waals surface area contributed by atoms with Crippen LogP contribution in [0.15, 0.2) is 43.0 Å². The van der Waals surface area contributed by atoms with E-state index in [0.717, 1.165) is 5.56 Å². The van der Waals surface area contributed by atoms with Gasteiger partial charge in [0.1, 0.15) is 12.7 Å². The molecule has 0 aliphatic rings. The zero-order valence-corrected chi connectivity index (χ0v) is 9.58. The van der Waals surface area contributed by atoms with E-state index in [0.29, 0.717) is 6.61 Å².